The molecule has 1 aromatic rings. The summed E-state index contributed by atoms with van der Waals surface area (Å²) < 4.78 is 5.43. The lowest BCUT2D eigenvalue weighted by molar-refractivity contribution is -0.152. The first-order chi connectivity index (χ1) is 9.15. The van der Waals surface area contributed by atoms with Gasteiger partial charge in [-0.25, -0.2) is 0 Å². The van der Waals surface area contributed by atoms with Crippen molar-refractivity contribution < 1.29 is 9.53 Å². The van der Waals surface area contributed by atoms with Crippen LogP contribution in [0.4, 0.5) is 5.69 Å². The van der Waals surface area contributed by atoms with Crippen molar-refractivity contribution in [2.75, 3.05) is 5.73 Å². The van der Waals surface area contributed by atoms with Crippen LogP contribution in [0.2, 0.25) is 0 Å². The Hall–Kier alpha value is -1.62. The zero-order valence-electron chi connectivity index (χ0n) is 11.0. The molecule has 104 valence electrons. The number of ether oxygens (including phenoxy) is 1. The number of hydrogen-bond acceptors (Lipinski definition) is 5. The molecule has 1 heterocycles. The minimum absolute atomic E-state index is 0.0478. The summed E-state index contributed by atoms with van der Waals surface area (Å²) in [6, 6.07) is 2.88. The van der Waals surface area contributed by atoms with Gasteiger partial charge in [0.2, 0.25) is 0 Å². The highest BCUT2D eigenvalue weighted by atomic mass is 16.5. The fraction of sp³-hybridized carbons (Fsp3) is 0.571. The number of carbonyl (C=O) groups is 1. The van der Waals surface area contributed by atoms with Crippen molar-refractivity contribution >= 4 is 11.7 Å². The van der Waals surface area contributed by atoms with Crippen LogP contribution >= 0.6 is 0 Å². The highest BCUT2D eigenvalue weighted by Gasteiger charge is 2.22. The number of anilines is 1. The zero-order chi connectivity index (χ0) is 13.7. The molecule has 2 rings (SSSR count). The molecule has 1 atom stereocenters. The lowest BCUT2D eigenvalue weighted by Gasteiger charge is -2.23. The average Bonchev–Trinajstić information content (AvgIpc) is 2.42. The second-order valence-corrected chi connectivity index (χ2v) is 5.09. The molecule has 0 aliphatic heterocycles. The molecule has 19 heavy (non-hydrogen) atoms. The predicted molar refractivity (Wildman–Crippen MR) is 73.3 cm³/mol. The molecule has 1 aliphatic rings. The van der Waals surface area contributed by atoms with E-state index in [1.54, 1.807) is 18.3 Å². The molecule has 0 bridgehead atoms. The number of esters is 1. The number of carbonyl (C=O) groups excluding carboxylic acids is 1. The molecule has 0 aromatic carbocycles. The van der Waals surface area contributed by atoms with Gasteiger partial charge < -0.3 is 16.2 Å². The number of rotatable bonds is 4. The maximum atomic E-state index is 11.9. The van der Waals surface area contributed by atoms with Crippen molar-refractivity contribution in [1.82, 2.24) is 4.98 Å². The Bertz CT molecular complexity index is 413. The standard InChI is InChI=1S/C14H21N3O2/c15-10-6-7-11(17-9-10)8-13(16)14(18)19-12-4-2-1-3-5-12/h6-7,9,12-13H,1-5,8,15-16H2/t13-/m0/s1. The number of aromatic nitrogens is 1. The van der Waals surface area contributed by atoms with Crippen LogP contribution in [0.15, 0.2) is 18.3 Å². The molecular formula is C14H21N3O2. The van der Waals surface area contributed by atoms with Gasteiger partial charge in [0.25, 0.3) is 0 Å². The second-order valence-electron chi connectivity index (χ2n) is 5.09. The number of nitrogens with zero attached hydrogens (tertiary/aromatic N) is 1. The van der Waals surface area contributed by atoms with E-state index in [1.807, 2.05) is 0 Å². The van der Waals surface area contributed by atoms with Crippen LogP contribution in [-0.4, -0.2) is 23.1 Å². The average molecular weight is 263 g/mol. The maximum absolute atomic E-state index is 11.9. The van der Waals surface area contributed by atoms with Gasteiger partial charge in [-0.1, -0.05) is 6.42 Å². The van der Waals surface area contributed by atoms with E-state index < -0.39 is 6.04 Å². The molecule has 1 saturated carbocycles. The molecule has 4 N–H and O–H groups in total. The van der Waals surface area contributed by atoms with Crippen molar-refractivity contribution in [2.45, 2.75) is 50.7 Å². The number of nitrogen functional groups attached to an aromatic ring is 1. The first kappa shape index (κ1) is 13.8. The molecule has 0 spiro atoms. The van der Waals surface area contributed by atoms with Crippen LogP contribution in [0, 0.1) is 0 Å². The van der Waals surface area contributed by atoms with Crippen molar-refractivity contribution in [1.29, 1.82) is 0 Å². The van der Waals surface area contributed by atoms with Gasteiger partial charge >= 0.3 is 5.97 Å². The van der Waals surface area contributed by atoms with Gasteiger partial charge in [0.1, 0.15) is 12.1 Å². The van der Waals surface area contributed by atoms with Crippen molar-refractivity contribution in [3.05, 3.63) is 24.0 Å². The third-order valence-electron chi connectivity index (χ3n) is 3.41. The molecule has 1 aliphatic carbocycles. The van der Waals surface area contributed by atoms with E-state index in [-0.39, 0.29) is 12.1 Å². The van der Waals surface area contributed by atoms with Crippen LogP contribution in [0.1, 0.15) is 37.8 Å². The SMILES string of the molecule is Nc1ccc(C[C@H](N)C(=O)OC2CCCCC2)nc1. The minimum Gasteiger partial charge on any atom is -0.461 e. The molecule has 5 heteroatoms. The Labute approximate surface area is 113 Å². The number of nitrogens with two attached hydrogens (primary N) is 2. The Morgan fingerprint density at radius 1 is 1.37 bits per heavy atom. The Morgan fingerprint density at radius 2 is 2.11 bits per heavy atom. The molecule has 1 fully saturated rings. The first-order valence-corrected chi connectivity index (χ1v) is 6.81. The molecule has 0 saturated heterocycles. The van der Waals surface area contributed by atoms with Crippen molar-refractivity contribution in [2.24, 2.45) is 5.73 Å². The van der Waals surface area contributed by atoms with E-state index in [0.29, 0.717) is 12.1 Å². The maximum Gasteiger partial charge on any atom is 0.323 e. The van der Waals surface area contributed by atoms with Gasteiger partial charge in [-0.2, -0.15) is 0 Å². The summed E-state index contributed by atoms with van der Waals surface area (Å²) >= 11 is 0. The Balaban J connectivity index is 1.83. The smallest absolute Gasteiger partial charge is 0.323 e. The molecule has 0 unspecified atom stereocenters. The van der Waals surface area contributed by atoms with E-state index in [9.17, 15) is 4.79 Å². The van der Waals surface area contributed by atoms with Crippen molar-refractivity contribution in [3.8, 4) is 0 Å². The number of hydrogen-bond donors (Lipinski definition) is 2. The van der Waals surface area contributed by atoms with Gasteiger partial charge in [0, 0.05) is 12.1 Å². The van der Waals surface area contributed by atoms with Crippen molar-refractivity contribution in [3.63, 3.8) is 0 Å². The highest BCUT2D eigenvalue weighted by Crippen LogP contribution is 2.20. The normalized spacial score (nSPS) is 17.9. The monoisotopic (exact) mass is 263 g/mol. The summed E-state index contributed by atoms with van der Waals surface area (Å²) in [5, 5.41) is 0. The van der Waals surface area contributed by atoms with Crippen LogP contribution in [0.5, 0.6) is 0 Å². The molecule has 0 amide bonds. The summed E-state index contributed by atoms with van der Waals surface area (Å²) in [4.78, 5) is 16.0. The number of pyridine rings is 1. The largest absolute Gasteiger partial charge is 0.461 e. The summed E-state index contributed by atoms with van der Waals surface area (Å²) in [6.45, 7) is 0. The zero-order valence-corrected chi connectivity index (χ0v) is 11.0. The van der Waals surface area contributed by atoms with E-state index >= 15 is 0 Å². The topological polar surface area (TPSA) is 91.2 Å². The summed E-state index contributed by atoms with van der Waals surface area (Å²) in [6.07, 6.45) is 7.40. The van der Waals surface area contributed by atoms with Crippen LogP contribution < -0.4 is 11.5 Å². The fourth-order valence-corrected chi connectivity index (χ4v) is 2.30. The van der Waals surface area contributed by atoms with Crippen LogP contribution in [-0.2, 0) is 16.0 Å². The van der Waals surface area contributed by atoms with Gasteiger partial charge in [-0.3, -0.25) is 9.78 Å². The van der Waals surface area contributed by atoms with Crippen LogP contribution in [0.25, 0.3) is 0 Å². The van der Waals surface area contributed by atoms with Gasteiger partial charge in [-0.05, 0) is 37.8 Å². The lowest BCUT2D eigenvalue weighted by atomic mass is 9.98. The van der Waals surface area contributed by atoms with Gasteiger partial charge in [0.15, 0.2) is 0 Å². The quantitative estimate of drug-likeness (QED) is 0.801. The van der Waals surface area contributed by atoms with Gasteiger partial charge in [0.05, 0.1) is 11.9 Å². The predicted octanol–water partition coefficient (Wildman–Crippen LogP) is 1.41. The third kappa shape index (κ3) is 4.21. The molecular weight excluding hydrogens is 242 g/mol. The van der Waals surface area contributed by atoms with Gasteiger partial charge in [-0.15, -0.1) is 0 Å². The molecule has 5 nitrogen and oxygen atoms in total. The Kier molecular flexibility index (Phi) is 4.74. The highest BCUT2D eigenvalue weighted by molar-refractivity contribution is 5.76. The van der Waals surface area contributed by atoms with E-state index in [0.717, 1.165) is 31.4 Å². The summed E-state index contributed by atoms with van der Waals surface area (Å²) in [5.74, 6) is -0.328. The first-order valence-electron chi connectivity index (χ1n) is 6.81. The minimum atomic E-state index is -0.655. The second kappa shape index (κ2) is 6.52. The van der Waals surface area contributed by atoms with Crippen LogP contribution in [0.3, 0.4) is 0 Å². The molecule has 1 aromatic heterocycles. The lowest BCUT2D eigenvalue weighted by Crippen LogP contribution is -2.37. The van der Waals surface area contributed by atoms with E-state index in [2.05, 4.69) is 4.98 Å². The Morgan fingerprint density at radius 3 is 2.74 bits per heavy atom. The molecule has 0 radical (unpaired) electrons. The fourth-order valence-electron chi connectivity index (χ4n) is 2.30. The summed E-state index contributed by atoms with van der Waals surface area (Å²) in [7, 11) is 0. The summed E-state index contributed by atoms with van der Waals surface area (Å²) in [5.41, 5.74) is 12.8. The third-order valence-corrected chi connectivity index (χ3v) is 3.41. The van der Waals surface area contributed by atoms with E-state index in [4.69, 9.17) is 16.2 Å². The van der Waals surface area contributed by atoms with E-state index in [1.165, 1.54) is 6.42 Å².